The van der Waals surface area contributed by atoms with Gasteiger partial charge in [-0.3, -0.25) is 0 Å². The zero-order valence-corrected chi connectivity index (χ0v) is 11.1. The highest BCUT2D eigenvalue weighted by molar-refractivity contribution is 6.32. The van der Waals surface area contributed by atoms with Crippen LogP contribution >= 0.6 is 11.6 Å². The molecular weight excluding hydrogens is 238 g/mol. The molecule has 0 spiro atoms. The molecule has 96 valence electrons. The summed E-state index contributed by atoms with van der Waals surface area (Å²) in [6.07, 6.45) is 0.857. The van der Waals surface area contributed by atoms with Gasteiger partial charge in [0.05, 0.1) is 12.1 Å². The average Bonchev–Trinajstić information content (AvgIpc) is 2.35. The van der Waals surface area contributed by atoms with Gasteiger partial charge in [-0.05, 0) is 42.5 Å². The molecule has 0 aliphatic heterocycles. The van der Waals surface area contributed by atoms with E-state index in [1.807, 2.05) is 18.2 Å². The monoisotopic (exact) mass is 257 g/mol. The van der Waals surface area contributed by atoms with Crippen molar-refractivity contribution in [2.24, 2.45) is 11.7 Å². The van der Waals surface area contributed by atoms with Crippen molar-refractivity contribution in [3.8, 4) is 5.75 Å². The number of aliphatic hydroxyl groups excluding tert-OH is 1. The molecule has 1 rings (SSSR count). The van der Waals surface area contributed by atoms with E-state index in [0.717, 1.165) is 12.0 Å². The topological polar surface area (TPSA) is 55.5 Å². The third-order valence-electron chi connectivity index (χ3n) is 3.02. The largest absolute Gasteiger partial charge is 0.495 e. The zero-order valence-electron chi connectivity index (χ0n) is 10.3. The molecule has 0 aliphatic carbocycles. The van der Waals surface area contributed by atoms with Gasteiger partial charge in [-0.15, -0.1) is 0 Å². The van der Waals surface area contributed by atoms with E-state index in [9.17, 15) is 0 Å². The lowest BCUT2D eigenvalue weighted by atomic mass is 9.90. The highest BCUT2D eigenvalue weighted by Gasteiger charge is 2.14. The van der Waals surface area contributed by atoms with Crippen LogP contribution < -0.4 is 10.5 Å². The van der Waals surface area contributed by atoms with Crippen LogP contribution in [0.3, 0.4) is 0 Å². The number of benzene rings is 1. The quantitative estimate of drug-likeness (QED) is 0.823. The van der Waals surface area contributed by atoms with Crippen LogP contribution in [-0.4, -0.2) is 25.4 Å². The van der Waals surface area contributed by atoms with Crippen LogP contribution in [-0.2, 0) is 0 Å². The Balaban J connectivity index is 2.75. The predicted octanol–water partition coefficient (Wildman–Crippen LogP) is 2.41. The summed E-state index contributed by atoms with van der Waals surface area (Å²) in [6.45, 7) is 2.74. The van der Waals surface area contributed by atoms with Crippen LogP contribution in [0.4, 0.5) is 0 Å². The van der Waals surface area contributed by atoms with Crippen molar-refractivity contribution < 1.29 is 9.84 Å². The lowest BCUT2D eigenvalue weighted by Gasteiger charge is -2.18. The van der Waals surface area contributed by atoms with Crippen molar-refractivity contribution in [3.05, 3.63) is 28.8 Å². The first kappa shape index (κ1) is 14.3. The van der Waals surface area contributed by atoms with Gasteiger partial charge in [-0.25, -0.2) is 0 Å². The first-order valence-corrected chi connectivity index (χ1v) is 6.14. The van der Waals surface area contributed by atoms with E-state index in [2.05, 4.69) is 6.92 Å². The van der Waals surface area contributed by atoms with E-state index in [0.29, 0.717) is 23.2 Å². The molecule has 1 aromatic carbocycles. The Morgan fingerprint density at radius 1 is 1.47 bits per heavy atom. The maximum Gasteiger partial charge on any atom is 0.137 e. The van der Waals surface area contributed by atoms with Gasteiger partial charge in [0.1, 0.15) is 5.75 Å². The fraction of sp³-hybridized carbons (Fsp3) is 0.538. The lowest BCUT2D eigenvalue weighted by Crippen LogP contribution is -2.20. The minimum Gasteiger partial charge on any atom is -0.495 e. The van der Waals surface area contributed by atoms with Gasteiger partial charge < -0.3 is 15.6 Å². The van der Waals surface area contributed by atoms with Gasteiger partial charge in [-0.1, -0.05) is 24.6 Å². The number of aliphatic hydroxyl groups is 1. The van der Waals surface area contributed by atoms with Crippen LogP contribution in [0, 0.1) is 5.92 Å². The minimum atomic E-state index is 0.130. The van der Waals surface area contributed by atoms with E-state index >= 15 is 0 Å². The second-order valence-corrected chi connectivity index (χ2v) is 4.72. The highest BCUT2D eigenvalue weighted by atomic mass is 35.5. The molecule has 2 atom stereocenters. The summed E-state index contributed by atoms with van der Waals surface area (Å²) in [5, 5.41) is 9.75. The molecule has 4 heteroatoms. The van der Waals surface area contributed by atoms with Crippen LogP contribution in [0.25, 0.3) is 0 Å². The summed E-state index contributed by atoms with van der Waals surface area (Å²) in [6, 6.07) is 5.78. The third kappa shape index (κ3) is 3.87. The second-order valence-electron chi connectivity index (χ2n) is 4.32. The van der Waals surface area contributed by atoms with Gasteiger partial charge in [0.15, 0.2) is 0 Å². The zero-order chi connectivity index (χ0) is 12.8. The summed E-state index contributed by atoms with van der Waals surface area (Å²) < 4.78 is 5.11. The van der Waals surface area contributed by atoms with Crippen molar-refractivity contribution >= 4 is 11.6 Å². The van der Waals surface area contributed by atoms with Gasteiger partial charge in [0.25, 0.3) is 0 Å². The van der Waals surface area contributed by atoms with E-state index in [4.69, 9.17) is 27.2 Å². The molecule has 1 aromatic rings. The van der Waals surface area contributed by atoms with Crippen molar-refractivity contribution in [1.82, 2.24) is 0 Å². The molecule has 0 heterocycles. The number of ether oxygens (including phenoxy) is 1. The number of rotatable bonds is 6. The summed E-state index contributed by atoms with van der Waals surface area (Å²) in [5.41, 5.74) is 6.72. The number of hydrogen-bond acceptors (Lipinski definition) is 3. The molecule has 0 radical (unpaired) electrons. The summed E-state index contributed by atoms with van der Waals surface area (Å²) in [5.74, 6) is 1.14. The summed E-state index contributed by atoms with van der Waals surface area (Å²) in [4.78, 5) is 0. The molecule has 0 saturated heterocycles. The average molecular weight is 258 g/mol. The Labute approximate surface area is 108 Å². The maximum absolute atomic E-state index is 9.13. The second kappa shape index (κ2) is 6.84. The van der Waals surface area contributed by atoms with Crippen LogP contribution in [0.1, 0.15) is 24.8 Å². The highest BCUT2D eigenvalue weighted by Crippen LogP contribution is 2.30. The van der Waals surface area contributed by atoms with Crippen molar-refractivity contribution in [1.29, 1.82) is 0 Å². The molecule has 0 bridgehead atoms. The molecule has 0 fully saturated rings. The van der Waals surface area contributed by atoms with Gasteiger partial charge in [0.2, 0.25) is 0 Å². The molecule has 0 aromatic heterocycles. The maximum atomic E-state index is 9.13. The molecule has 17 heavy (non-hydrogen) atoms. The molecule has 0 amide bonds. The SMILES string of the molecule is COc1ccc(C(C)CC(CN)CO)cc1Cl. The Kier molecular flexibility index (Phi) is 5.75. The molecule has 3 nitrogen and oxygen atoms in total. The Morgan fingerprint density at radius 2 is 2.18 bits per heavy atom. The minimum absolute atomic E-state index is 0.130. The summed E-state index contributed by atoms with van der Waals surface area (Å²) in [7, 11) is 1.60. The number of nitrogens with two attached hydrogens (primary N) is 1. The molecular formula is C13H20ClNO2. The van der Waals surface area contributed by atoms with Crippen LogP contribution in [0.5, 0.6) is 5.75 Å². The molecule has 0 saturated carbocycles. The fourth-order valence-electron chi connectivity index (χ4n) is 1.87. The predicted molar refractivity (Wildman–Crippen MR) is 70.7 cm³/mol. The Morgan fingerprint density at radius 3 is 2.65 bits per heavy atom. The van der Waals surface area contributed by atoms with E-state index in [-0.39, 0.29) is 12.5 Å². The van der Waals surface area contributed by atoms with Crippen LogP contribution in [0.2, 0.25) is 5.02 Å². The number of methoxy groups -OCH3 is 1. The number of hydrogen-bond donors (Lipinski definition) is 2. The van der Waals surface area contributed by atoms with Gasteiger partial charge in [0, 0.05) is 6.61 Å². The first-order chi connectivity index (χ1) is 8.12. The fourth-order valence-corrected chi connectivity index (χ4v) is 2.14. The van der Waals surface area contributed by atoms with Crippen molar-refractivity contribution in [2.45, 2.75) is 19.3 Å². The van der Waals surface area contributed by atoms with E-state index in [1.165, 1.54) is 0 Å². The molecule has 3 N–H and O–H groups in total. The smallest absolute Gasteiger partial charge is 0.137 e. The molecule has 2 unspecified atom stereocenters. The summed E-state index contributed by atoms with van der Waals surface area (Å²) >= 11 is 6.08. The van der Waals surface area contributed by atoms with Crippen LogP contribution in [0.15, 0.2) is 18.2 Å². The molecule has 0 aliphatic rings. The van der Waals surface area contributed by atoms with Crippen molar-refractivity contribution in [2.75, 3.05) is 20.3 Å². The Hall–Kier alpha value is -0.770. The van der Waals surface area contributed by atoms with Crippen molar-refractivity contribution in [3.63, 3.8) is 0 Å². The lowest BCUT2D eigenvalue weighted by molar-refractivity contribution is 0.217. The van der Waals surface area contributed by atoms with Gasteiger partial charge in [-0.2, -0.15) is 0 Å². The third-order valence-corrected chi connectivity index (χ3v) is 3.32. The number of halogens is 1. The van der Waals surface area contributed by atoms with E-state index in [1.54, 1.807) is 7.11 Å². The normalized spacial score (nSPS) is 14.4. The van der Waals surface area contributed by atoms with Gasteiger partial charge >= 0.3 is 0 Å². The standard InChI is InChI=1S/C13H20ClNO2/c1-9(5-10(7-15)8-16)11-3-4-13(17-2)12(14)6-11/h3-4,6,9-10,16H,5,7-8,15H2,1-2H3. The Bertz CT molecular complexity index is 353. The first-order valence-electron chi connectivity index (χ1n) is 5.76. The van der Waals surface area contributed by atoms with E-state index < -0.39 is 0 Å².